The normalized spacial score (nSPS) is 13.6. The van der Waals surface area contributed by atoms with Gasteiger partial charge in [-0.1, -0.05) is 0 Å². The maximum atomic E-state index is 11.1. The number of aliphatic hydroxyl groups excluding tert-OH is 3. The minimum Gasteiger partial charge on any atom is -0.394 e. The first kappa shape index (κ1) is 17.8. The lowest BCUT2D eigenvalue weighted by Gasteiger charge is -2.43. The molecule has 0 aromatic rings. The van der Waals surface area contributed by atoms with E-state index in [4.69, 9.17) is 0 Å². The maximum Gasteiger partial charge on any atom is 0.147 e. The summed E-state index contributed by atoms with van der Waals surface area (Å²) in [6.45, 7) is 3.00. The first-order valence-electron chi connectivity index (χ1n) is 5.99. The quantitative estimate of drug-likeness (QED) is 0.494. The van der Waals surface area contributed by atoms with Gasteiger partial charge in [0.1, 0.15) is 9.84 Å². The van der Waals surface area contributed by atoms with Gasteiger partial charge in [-0.25, -0.2) is 8.42 Å². The van der Waals surface area contributed by atoms with Gasteiger partial charge in [-0.2, -0.15) is 0 Å². The van der Waals surface area contributed by atoms with Gasteiger partial charge in [0.25, 0.3) is 0 Å². The van der Waals surface area contributed by atoms with E-state index in [9.17, 15) is 23.7 Å². The van der Waals surface area contributed by atoms with Gasteiger partial charge in [-0.3, -0.25) is 4.90 Å². The summed E-state index contributed by atoms with van der Waals surface area (Å²) in [5.41, 5.74) is -1.11. The molecule has 0 heterocycles. The summed E-state index contributed by atoms with van der Waals surface area (Å²) in [5.74, 6) is 0.0502. The Morgan fingerprint density at radius 3 is 1.83 bits per heavy atom. The molecule has 0 aromatic heterocycles. The Morgan fingerprint density at radius 1 is 1.11 bits per heavy atom. The Hall–Kier alpha value is -0.210. The zero-order valence-corrected chi connectivity index (χ0v) is 12.2. The Kier molecular flexibility index (Phi) is 7.31. The summed E-state index contributed by atoms with van der Waals surface area (Å²) in [4.78, 5) is 1.75. The predicted molar refractivity (Wildman–Crippen MR) is 70.2 cm³/mol. The molecule has 7 heteroatoms. The first-order valence-corrected chi connectivity index (χ1v) is 8.05. The summed E-state index contributed by atoms with van der Waals surface area (Å²) in [6, 6.07) is -0.0176. The van der Waals surface area contributed by atoms with Crippen LogP contribution in [-0.2, 0) is 9.84 Å². The molecule has 3 N–H and O–H groups in total. The second kappa shape index (κ2) is 7.40. The van der Waals surface area contributed by atoms with Crippen molar-refractivity contribution in [2.45, 2.75) is 31.8 Å². The highest BCUT2D eigenvalue weighted by molar-refractivity contribution is 7.90. The van der Waals surface area contributed by atoms with Crippen LogP contribution in [-0.4, -0.2) is 78.6 Å². The van der Waals surface area contributed by atoms with E-state index in [1.165, 1.54) is 6.26 Å². The van der Waals surface area contributed by atoms with E-state index >= 15 is 0 Å². The van der Waals surface area contributed by atoms with Crippen molar-refractivity contribution in [1.29, 1.82) is 0 Å². The van der Waals surface area contributed by atoms with Gasteiger partial charge in [-0.15, -0.1) is 0 Å². The van der Waals surface area contributed by atoms with Crippen LogP contribution in [0.15, 0.2) is 0 Å². The molecule has 0 aliphatic rings. The number of sulfone groups is 1. The van der Waals surface area contributed by atoms with Gasteiger partial charge in [0, 0.05) is 18.8 Å². The Bertz CT molecular complexity index is 316. The van der Waals surface area contributed by atoms with Gasteiger partial charge < -0.3 is 15.3 Å². The third kappa shape index (κ3) is 5.19. The molecule has 0 saturated heterocycles. The average molecular weight is 283 g/mol. The predicted octanol–water partition coefficient (Wildman–Crippen LogP) is -1.15. The highest BCUT2D eigenvalue weighted by Crippen LogP contribution is 2.18. The molecule has 0 fully saturated rings. The molecule has 0 rings (SSSR count). The lowest BCUT2D eigenvalue weighted by Crippen LogP contribution is -2.60. The summed E-state index contributed by atoms with van der Waals surface area (Å²) in [6.07, 6.45) is 1.57. The summed E-state index contributed by atoms with van der Waals surface area (Å²) in [7, 11) is -3.03. The molecule has 0 aliphatic carbocycles. The molecule has 0 bridgehead atoms. The lowest BCUT2D eigenvalue weighted by atomic mass is 9.98. The van der Waals surface area contributed by atoms with Crippen LogP contribution in [0.25, 0.3) is 0 Å². The van der Waals surface area contributed by atoms with Crippen molar-refractivity contribution in [3.8, 4) is 0 Å². The standard InChI is InChI=1S/C11H25NO5S/c1-10(2)12(5-4-6-18(3,16)17)11(7-13,8-14)9-15/h10,13-15H,4-9H2,1-3H3. The zero-order chi connectivity index (χ0) is 14.4. The zero-order valence-electron chi connectivity index (χ0n) is 11.3. The minimum absolute atomic E-state index is 0.0176. The van der Waals surface area contributed by atoms with Crippen LogP contribution in [0.1, 0.15) is 20.3 Å². The van der Waals surface area contributed by atoms with Crippen LogP contribution >= 0.6 is 0 Å². The van der Waals surface area contributed by atoms with Crippen molar-refractivity contribution in [3.05, 3.63) is 0 Å². The molecule has 0 atom stereocenters. The van der Waals surface area contributed by atoms with Gasteiger partial charge in [0.15, 0.2) is 0 Å². The van der Waals surface area contributed by atoms with Crippen molar-refractivity contribution in [2.24, 2.45) is 0 Å². The number of hydrogen-bond acceptors (Lipinski definition) is 6. The second-order valence-electron chi connectivity index (χ2n) is 4.97. The highest BCUT2D eigenvalue weighted by Gasteiger charge is 2.36. The van der Waals surface area contributed by atoms with Gasteiger partial charge in [0.05, 0.1) is 31.1 Å². The van der Waals surface area contributed by atoms with E-state index < -0.39 is 15.4 Å². The molecule has 0 unspecified atom stereocenters. The molecule has 0 radical (unpaired) electrons. The van der Waals surface area contributed by atoms with Gasteiger partial charge >= 0.3 is 0 Å². The van der Waals surface area contributed by atoms with E-state index in [-0.39, 0.29) is 31.6 Å². The summed E-state index contributed by atoms with van der Waals surface area (Å²) >= 11 is 0. The molecule has 110 valence electrons. The summed E-state index contributed by atoms with van der Waals surface area (Å²) < 4.78 is 22.1. The molecule has 0 amide bonds. The van der Waals surface area contributed by atoms with E-state index in [0.717, 1.165) is 0 Å². The summed E-state index contributed by atoms with van der Waals surface area (Å²) in [5, 5.41) is 28.1. The van der Waals surface area contributed by atoms with Crippen molar-refractivity contribution in [1.82, 2.24) is 4.90 Å². The van der Waals surface area contributed by atoms with Crippen molar-refractivity contribution in [2.75, 3.05) is 38.4 Å². The van der Waals surface area contributed by atoms with Crippen molar-refractivity contribution in [3.63, 3.8) is 0 Å². The number of rotatable bonds is 9. The SMILES string of the molecule is CC(C)N(CCCS(C)(=O)=O)C(CO)(CO)CO. The molecular formula is C11H25NO5S. The third-order valence-electron chi connectivity index (χ3n) is 3.03. The topological polar surface area (TPSA) is 98.1 Å². The Labute approximate surface area is 109 Å². The fourth-order valence-corrected chi connectivity index (χ4v) is 2.62. The van der Waals surface area contributed by atoms with E-state index in [1.807, 2.05) is 13.8 Å². The smallest absolute Gasteiger partial charge is 0.147 e. The van der Waals surface area contributed by atoms with Crippen molar-refractivity contribution >= 4 is 9.84 Å². The van der Waals surface area contributed by atoms with Crippen LogP contribution in [0, 0.1) is 0 Å². The van der Waals surface area contributed by atoms with E-state index in [1.54, 1.807) is 4.90 Å². The fraction of sp³-hybridized carbons (Fsp3) is 1.00. The number of nitrogens with zero attached hydrogens (tertiary/aromatic N) is 1. The lowest BCUT2D eigenvalue weighted by molar-refractivity contribution is -0.0621. The first-order chi connectivity index (χ1) is 8.22. The third-order valence-corrected chi connectivity index (χ3v) is 4.06. The minimum atomic E-state index is -3.03. The van der Waals surface area contributed by atoms with Crippen LogP contribution in [0.2, 0.25) is 0 Å². The largest absolute Gasteiger partial charge is 0.394 e. The molecule has 6 nitrogen and oxygen atoms in total. The second-order valence-corrected chi connectivity index (χ2v) is 7.23. The monoisotopic (exact) mass is 283 g/mol. The number of aliphatic hydroxyl groups is 3. The average Bonchev–Trinajstić information content (AvgIpc) is 2.27. The molecule has 0 saturated carbocycles. The molecule has 0 aliphatic heterocycles. The van der Waals surface area contributed by atoms with Gasteiger partial charge in [-0.05, 0) is 20.3 Å². The van der Waals surface area contributed by atoms with Crippen molar-refractivity contribution < 1.29 is 23.7 Å². The van der Waals surface area contributed by atoms with E-state index in [2.05, 4.69) is 0 Å². The molecule has 0 aromatic carbocycles. The van der Waals surface area contributed by atoms with Crippen LogP contribution in [0.5, 0.6) is 0 Å². The molecular weight excluding hydrogens is 258 g/mol. The highest BCUT2D eigenvalue weighted by atomic mass is 32.2. The Balaban J connectivity index is 4.75. The van der Waals surface area contributed by atoms with E-state index in [0.29, 0.717) is 13.0 Å². The van der Waals surface area contributed by atoms with Crippen LogP contribution in [0.3, 0.4) is 0 Å². The number of hydrogen-bond donors (Lipinski definition) is 3. The maximum absolute atomic E-state index is 11.1. The fourth-order valence-electron chi connectivity index (χ4n) is 1.96. The molecule has 0 spiro atoms. The van der Waals surface area contributed by atoms with Gasteiger partial charge in [0.2, 0.25) is 0 Å². The van der Waals surface area contributed by atoms with Crippen LogP contribution in [0.4, 0.5) is 0 Å². The molecule has 18 heavy (non-hydrogen) atoms. The Morgan fingerprint density at radius 2 is 1.56 bits per heavy atom. The van der Waals surface area contributed by atoms with Crippen LogP contribution < -0.4 is 0 Å².